The van der Waals surface area contributed by atoms with Crippen LogP contribution in [0.5, 0.6) is 0 Å². The Morgan fingerprint density at radius 2 is 1.65 bits per heavy atom. The number of hydrogen-bond donors (Lipinski definition) is 3. The number of allylic oxidation sites excluding steroid dienone is 6. The fourth-order valence-corrected chi connectivity index (χ4v) is 2.95. The van der Waals surface area contributed by atoms with Crippen molar-refractivity contribution in [1.29, 1.82) is 0 Å². The largest absolute Gasteiger partial charge is 0.505 e. The minimum absolute atomic E-state index is 0.238. The van der Waals surface area contributed by atoms with Crippen molar-refractivity contribution >= 4 is 11.9 Å². The molecule has 2 atom stereocenters. The molecule has 0 bridgehead atoms. The van der Waals surface area contributed by atoms with Crippen LogP contribution in [0.3, 0.4) is 0 Å². The molecule has 7 nitrogen and oxygen atoms in total. The molecule has 0 unspecified atom stereocenters. The van der Waals surface area contributed by atoms with E-state index in [4.69, 9.17) is 4.74 Å². The molecule has 0 radical (unpaired) electrons. The Labute approximate surface area is 184 Å². The van der Waals surface area contributed by atoms with E-state index >= 15 is 0 Å². The summed E-state index contributed by atoms with van der Waals surface area (Å²) in [5, 5.41) is 28.5. The maximum absolute atomic E-state index is 11.7. The van der Waals surface area contributed by atoms with Gasteiger partial charge < -0.3 is 24.8 Å². The lowest BCUT2D eigenvalue weighted by Gasteiger charge is -2.17. The van der Waals surface area contributed by atoms with Crippen LogP contribution in [0, 0.1) is 0 Å². The van der Waals surface area contributed by atoms with Gasteiger partial charge in [-0.1, -0.05) is 62.6 Å². The summed E-state index contributed by atoms with van der Waals surface area (Å²) in [5.41, 5.74) is 0. The zero-order chi connectivity index (χ0) is 22.9. The van der Waals surface area contributed by atoms with Crippen LogP contribution >= 0.6 is 0 Å². The van der Waals surface area contributed by atoms with Gasteiger partial charge in [0.15, 0.2) is 11.9 Å². The fourth-order valence-electron chi connectivity index (χ4n) is 2.95. The van der Waals surface area contributed by atoms with Crippen molar-refractivity contribution in [1.82, 2.24) is 0 Å². The number of rotatable bonds is 16. The third-order valence-corrected chi connectivity index (χ3v) is 4.74. The lowest BCUT2D eigenvalue weighted by molar-refractivity contribution is -0.154. The molecule has 0 aromatic rings. The van der Waals surface area contributed by atoms with Crippen molar-refractivity contribution in [2.24, 2.45) is 0 Å². The molecule has 1 aliphatic rings. The highest BCUT2D eigenvalue weighted by atomic mass is 16.6. The van der Waals surface area contributed by atoms with E-state index < -0.39 is 42.3 Å². The second-order valence-electron chi connectivity index (χ2n) is 7.43. The van der Waals surface area contributed by atoms with E-state index in [9.17, 15) is 24.9 Å². The molecule has 174 valence electrons. The first-order valence-electron chi connectivity index (χ1n) is 11.1. The quantitative estimate of drug-likeness (QED) is 0.139. The maximum atomic E-state index is 11.7. The molecule has 1 aliphatic heterocycles. The molecule has 3 N–H and O–H groups in total. The molecule has 0 saturated carbocycles. The highest BCUT2D eigenvalue weighted by Gasteiger charge is 2.39. The molecule has 7 heteroatoms. The SMILES string of the molecule is CC/C=C\CC/C=C\C=C/CCCCCCCC(=O)OC[C@@H](O)[C@H]1OC(=O)C(O)=C1O. The van der Waals surface area contributed by atoms with Crippen molar-refractivity contribution in [2.75, 3.05) is 6.61 Å². The second kappa shape index (κ2) is 16.2. The maximum Gasteiger partial charge on any atom is 0.377 e. The van der Waals surface area contributed by atoms with Crippen molar-refractivity contribution in [2.45, 2.75) is 83.3 Å². The van der Waals surface area contributed by atoms with Gasteiger partial charge in [0.2, 0.25) is 5.76 Å². The third-order valence-electron chi connectivity index (χ3n) is 4.74. The molecule has 31 heavy (non-hydrogen) atoms. The van der Waals surface area contributed by atoms with Gasteiger partial charge in [0, 0.05) is 6.42 Å². The van der Waals surface area contributed by atoms with Crippen LogP contribution < -0.4 is 0 Å². The van der Waals surface area contributed by atoms with E-state index in [0.717, 1.165) is 51.4 Å². The number of esters is 2. The number of cyclic esters (lactones) is 1. The van der Waals surface area contributed by atoms with Crippen molar-refractivity contribution in [3.63, 3.8) is 0 Å². The number of unbranched alkanes of at least 4 members (excludes halogenated alkanes) is 6. The van der Waals surface area contributed by atoms with Crippen molar-refractivity contribution in [3.05, 3.63) is 48.0 Å². The molecular weight excluding hydrogens is 400 g/mol. The first-order valence-corrected chi connectivity index (χ1v) is 11.1. The van der Waals surface area contributed by atoms with Crippen LogP contribution in [0.2, 0.25) is 0 Å². The summed E-state index contributed by atoms with van der Waals surface area (Å²) < 4.78 is 9.54. The Hall–Kier alpha value is -2.54. The molecule has 0 aromatic heterocycles. The van der Waals surface area contributed by atoms with Gasteiger partial charge in [-0.2, -0.15) is 0 Å². The third kappa shape index (κ3) is 11.4. The van der Waals surface area contributed by atoms with Gasteiger partial charge >= 0.3 is 11.9 Å². The fraction of sp³-hybridized carbons (Fsp3) is 0.583. The topological polar surface area (TPSA) is 113 Å². The van der Waals surface area contributed by atoms with Crippen LogP contribution in [-0.2, 0) is 19.1 Å². The molecule has 0 aromatic carbocycles. The standard InChI is InChI=1S/C24H36O7/c1-2-3-4-5-6-7-8-9-10-11-12-13-14-15-16-17-20(26)30-18-19(25)23-21(27)22(28)24(29)31-23/h3-4,7-10,19,23,25,27-28H,2,5-6,11-18H2,1H3/b4-3-,8-7-,10-9-/t19-,23-/m1/s1. The first kappa shape index (κ1) is 26.5. The zero-order valence-corrected chi connectivity index (χ0v) is 18.4. The number of ether oxygens (including phenoxy) is 2. The minimum atomic E-state index is -1.43. The number of aliphatic hydroxyl groups is 3. The smallest absolute Gasteiger partial charge is 0.377 e. The van der Waals surface area contributed by atoms with Crippen LogP contribution in [0.15, 0.2) is 48.0 Å². The van der Waals surface area contributed by atoms with E-state index in [1.807, 2.05) is 0 Å². The van der Waals surface area contributed by atoms with Gasteiger partial charge in [-0.15, -0.1) is 0 Å². The van der Waals surface area contributed by atoms with Crippen LogP contribution in [0.25, 0.3) is 0 Å². The highest BCUT2D eigenvalue weighted by Crippen LogP contribution is 2.21. The predicted molar refractivity (Wildman–Crippen MR) is 118 cm³/mol. The van der Waals surface area contributed by atoms with E-state index in [-0.39, 0.29) is 6.42 Å². The van der Waals surface area contributed by atoms with E-state index in [2.05, 4.69) is 48.1 Å². The molecule has 0 aliphatic carbocycles. The second-order valence-corrected chi connectivity index (χ2v) is 7.43. The Balaban J connectivity index is 1.98. The van der Waals surface area contributed by atoms with Crippen molar-refractivity contribution < 1.29 is 34.4 Å². The highest BCUT2D eigenvalue weighted by molar-refractivity contribution is 5.89. The molecule has 1 heterocycles. The normalized spacial score (nSPS) is 17.9. The lowest BCUT2D eigenvalue weighted by Crippen LogP contribution is -2.33. The number of carbonyl (C=O) groups excluding carboxylic acids is 2. The minimum Gasteiger partial charge on any atom is -0.505 e. The van der Waals surface area contributed by atoms with E-state index in [0.29, 0.717) is 6.42 Å². The van der Waals surface area contributed by atoms with E-state index in [1.165, 1.54) is 0 Å². The lowest BCUT2D eigenvalue weighted by atomic mass is 10.1. The van der Waals surface area contributed by atoms with Crippen LogP contribution in [0.4, 0.5) is 0 Å². The van der Waals surface area contributed by atoms with Crippen LogP contribution in [-0.4, -0.2) is 46.1 Å². The molecule has 0 spiro atoms. The zero-order valence-electron chi connectivity index (χ0n) is 18.4. The number of aliphatic hydroxyl groups excluding tert-OH is 3. The summed E-state index contributed by atoms with van der Waals surface area (Å²) in [6, 6.07) is 0. The molecular formula is C24H36O7. The summed E-state index contributed by atoms with van der Waals surface area (Å²) in [6.45, 7) is 1.71. The van der Waals surface area contributed by atoms with Gasteiger partial charge in [-0.3, -0.25) is 4.79 Å². The molecule has 1 rings (SSSR count). The summed E-state index contributed by atoms with van der Waals surface area (Å²) in [6.07, 6.45) is 19.5. The van der Waals surface area contributed by atoms with Crippen LogP contribution in [0.1, 0.15) is 71.1 Å². The Bertz CT molecular complexity index is 661. The Morgan fingerprint density at radius 3 is 2.32 bits per heavy atom. The van der Waals surface area contributed by atoms with Gasteiger partial charge in [0.05, 0.1) is 0 Å². The summed E-state index contributed by atoms with van der Waals surface area (Å²) in [5.74, 6) is -3.26. The van der Waals surface area contributed by atoms with Gasteiger partial charge in [0.25, 0.3) is 0 Å². The number of carbonyl (C=O) groups is 2. The van der Waals surface area contributed by atoms with Gasteiger partial charge in [-0.25, -0.2) is 4.79 Å². The summed E-state index contributed by atoms with van der Waals surface area (Å²) in [7, 11) is 0. The predicted octanol–water partition coefficient (Wildman–Crippen LogP) is 4.73. The van der Waals surface area contributed by atoms with Crippen molar-refractivity contribution in [3.8, 4) is 0 Å². The Kier molecular flexibility index (Phi) is 13.8. The molecule has 0 saturated heterocycles. The average Bonchev–Trinajstić information content (AvgIpc) is 3.02. The van der Waals surface area contributed by atoms with Gasteiger partial charge in [0.1, 0.15) is 12.7 Å². The summed E-state index contributed by atoms with van der Waals surface area (Å²) in [4.78, 5) is 22.8. The Morgan fingerprint density at radius 1 is 1.00 bits per heavy atom. The van der Waals surface area contributed by atoms with E-state index in [1.54, 1.807) is 0 Å². The number of hydrogen-bond acceptors (Lipinski definition) is 7. The monoisotopic (exact) mass is 436 g/mol. The average molecular weight is 437 g/mol. The first-order chi connectivity index (χ1) is 15.0. The van der Waals surface area contributed by atoms with Gasteiger partial charge in [-0.05, 0) is 38.5 Å². The molecule has 0 fully saturated rings. The summed E-state index contributed by atoms with van der Waals surface area (Å²) >= 11 is 0. The molecule has 0 amide bonds.